The van der Waals surface area contributed by atoms with Crippen LogP contribution in [0.3, 0.4) is 0 Å². The number of aryl methyl sites for hydroxylation is 1. The number of nitrogens with one attached hydrogen (secondary N) is 1. The van der Waals surface area contributed by atoms with Crippen LogP contribution in [-0.4, -0.2) is 44.7 Å². The fraction of sp³-hybridized carbons (Fsp3) is 0.571. The topological polar surface area (TPSA) is 57.7 Å². The molecule has 1 aromatic carbocycles. The van der Waals surface area contributed by atoms with E-state index in [1.54, 1.807) is 24.3 Å². The van der Waals surface area contributed by atoms with Gasteiger partial charge in [0.1, 0.15) is 0 Å². The third-order valence-corrected chi connectivity index (χ3v) is 5.33. The molecule has 0 radical (unpaired) electrons. The van der Waals surface area contributed by atoms with Crippen molar-refractivity contribution in [3.63, 3.8) is 0 Å². The van der Waals surface area contributed by atoms with Gasteiger partial charge in [-0.3, -0.25) is 4.90 Å². The van der Waals surface area contributed by atoms with Crippen LogP contribution in [0.1, 0.15) is 56.3 Å². The van der Waals surface area contributed by atoms with E-state index in [0.29, 0.717) is 6.04 Å². The number of hydrogen-bond donors (Lipinski definition) is 1. The summed E-state index contributed by atoms with van der Waals surface area (Å²) in [6, 6.07) is 8.37. The number of aromatic amines is 1. The van der Waals surface area contributed by atoms with Gasteiger partial charge in [0.25, 0.3) is 5.92 Å². The maximum absolute atomic E-state index is 14.3. The number of likely N-dealkylation sites (tertiary alicyclic amines) is 1. The van der Waals surface area contributed by atoms with Gasteiger partial charge < -0.3 is 0 Å². The summed E-state index contributed by atoms with van der Waals surface area (Å²) in [7, 11) is 0. The van der Waals surface area contributed by atoms with E-state index < -0.39 is 5.92 Å². The number of halogens is 2. The minimum absolute atomic E-state index is 0.0868. The van der Waals surface area contributed by atoms with Gasteiger partial charge in [-0.05, 0) is 38.8 Å². The Hall–Kier alpha value is -2.15. The number of nitrogens with zero attached hydrogens (tertiary/aromatic N) is 4. The number of aromatic nitrogens is 4. The molecule has 1 aliphatic rings. The summed E-state index contributed by atoms with van der Waals surface area (Å²) < 4.78 is 28.5. The van der Waals surface area contributed by atoms with E-state index in [0.717, 1.165) is 63.9 Å². The summed E-state index contributed by atoms with van der Waals surface area (Å²) >= 11 is 0. The van der Waals surface area contributed by atoms with Gasteiger partial charge in [0, 0.05) is 24.4 Å². The standard InChI is InChI=1S/C21H29F2N5/c22-21(23,18-10-4-3-5-11-18)15-8-12-19-13-9-17-28(19)16-7-2-1-6-14-20-24-26-27-25-20/h3-5,8,10-12,19H,1-2,6-7,9,13-17H2,(H,24,25,26,27). The van der Waals surface area contributed by atoms with Crippen molar-refractivity contribution in [3.05, 3.63) is 53.9 Å². The van der Waals surface area contributed by atoms with Crippen molar-refractivity contribution in [1.29, 1.82) is 0 Å². The molecule has 1 saturated heterocycles. The molecule has 3 rings (SSSR count). The fourth-order valence-corrected chi connectivity index (χ4v) is 3.76. The van der Waals surface area contributed by atoms with Crippen molar-refractivity contribution < 1.29 is 8.78 Å². The molecule has 1 atom stereocenters. The molecule has 1 fully saturated rings. The molecule has 0 spiro atoms. The van der Waals surface area contributed by atoms with Crippen LogP contribution in [-0.2, 0) is 12.3 Å². The van der Waals surface area contributed by atoms with Crippen LogP contribution in [0.2, 0.25) is 0 Å². The molecule has 1 unspecified atom stereocenters. The van der Waals surface area contributed by atoms with E-state index in [1.807, 2.05) is 6.08 Å². The molecule has 5 nitrogen and oxygen atoms in total. The van der Waals surface area contributed by atoms with Crippen molar-refractivity contribution in [3.8, 4) is 0 Å². The Bertz CT molecular complexity index is 703. The van der Waals surface area contributed by atoms with Gasteiger partial charge in [0.05, 0.1) is 0 Å². The molecular weight excluding hydrogens is 360 g/mol. The lowest BCUT2D eigenvalue weighted by molar-refractivity contribution is -0.00108. The summed E-state index contributed by atoms with van der Waals surface area (Å²) in [6.07, 6.45) is 11.0. The number of unbranched alkanes of at least 4 members (excludes halogenated alkanes) is 3. The van der Waals surface area contributed by atoms with Crippen molar-refractivity contribution in [2.45, 2.75) is 63.3 Å². The molecule has 0 saturated carbocycles. The summed E-state index contributed by atoms with van der Waals surface area (Å²) in [5.74, 6) is -2.03. The van der Waals surface area contributed by atoms with Crippen molar-refractivity contribution in [2.75, 3.05) is 13.1 Å². The average Bonchev–Trinajstić information content (AvgIpc) is 3.37. The molecule has 1 N–H and O–H groups in total. The normalized spacial score (nSPS) is 18.3. The number of allylic oxidation sites excluding steroid dienone is 1. The Kier molecular flexibility index (Phi) is 7.65. The van der Waals surface area contributed by atoms with Gasteiger partial charge in [0.2, 0.25) is 0 Å². The second kappa shape index (κ2) is 10.4. The zero-order valence-corrected chi connectivity index (χ0v) is 16.2. The molecule has 1 aliphatic heterocycles. The number of alkyl halides is 2. The molecule has 0 aliphatic carbocycles. The summed E-state index contributed by atoms with van der Waals surface area (Å²) in [5.41, 5.74) is 0.0868. The first-order valence-corrected chi connectivity index (χ1v) is 10.2. The number of H-pyrrole nitrogens is 1. The highest BCUT2D eigenvalue weighted by atomic mass is 19.3. The molecule has 152 valence electrons. The van der Waals surface area contributed by atoms with Gasteiger partial charge in [-0.15, -0.1) is 10.2 Å². The lowest BCUT2D eigenvalue weighted by Gasteiger charge is -2.22. The van der Waals surface area contributed by atoms with E-state index in [4.69, 9.17) is 0 Å². The first kappa shape index (κ1) is 20.6. The largest absolute Gasteiger partial charge is 0.297 e. The molecule has 28 heavy (non-hydrogen) atoms. The predicted octanol–water partition coefficient (Wildman–Crippen LogP) is 4.51. The molecule has 2 aromatic rings. The van der Waals surface area contributed by atoms with E-state index in [-0.39, 0.29) is 12.0 Å². The average molecular weight is 389 g/mol. The summed E-state index contributed by atoms with van der Waals surface area (Å²) in [5, 5.41) is 13.9. The summed E-state index contributed by atoms with van der Waals surface area (Å²) in [4.78, 5) is 2.43. The lowest BCUT2D eigenvalue weighted by Crippen LogP contribution is -2.28. The molecule has 2 heterocycles. The van der Waals surface area contributed by atoms with Gasteiger partial charge in [-0.25, -0.2) is 8.78 Å². The van der Waals surface area contributed by atoms with Gasteiger partial charge in [0.15, 0.2) is 5.82 Å². The van der Waals surface area contributed by atoms with Crippen molar-refractivity contribution in [2.24, 2.45) is 0 Å². The van der Waals surface area contributed by atoms with E-state index in [1.165, 1.54) is 12.1 Å². The Balaban J connectivity index is 1.35. The molecule has 7 heteroatoms. The zero-order valence-electron chi connectivity index (χ0n) is 16.2. The van der Waals surface area contributed by atoms with Crippen molar-refractivity contribution in [1.82, 2.24) is 25.5 Å². The van der Waals surface area contributed by atoms with Crippen LogP contribution in [0, 0.1) is 0 Å². The van der Waals surface area contributed by atoms with Crippen LogP contribution in [0.5, 0.6) is 0 Å². The van der Waals surface area contributed by atoms with Crippen LogP contribution >= 0.6 is 0 Å². The first-order valence-electron chi connectivity index (χ1n) is 10.2. The number of tetrazole rings is 1. The molecular formula is C21H29F2N5. The minimum atomic E-state index is -2.81. The molecule has 1 aromatic heterocycles. The Morgan fingerprint density at radius 1 is 1.14 bits per heavy atom. The monoisotopic (exact) mass is 389 g/mol. The van der Waals surface area contributed by atoms with Crippen molar-refractivity contribution >= 4 is 0 Å². The number of rotatable bonds is 11. The third-order valence-electron chi connectivity index (χ3n) is 5.33. The third kappa shape index (κ3) is 6.19. The maximum atomic E-state index is 14.3. The number of hydrogen-bond acceptors (Lipinski definition) is 4. The van der Waals surface area contributed by atoms with E-state index in [2.05, 4.69) is 25.5 Å². The van der Waals surface area contributed by atoms with Gasteiger partial charge in [-0.2, -0.15) is 5.21 Å². The summed E-state index contributed by atoms with van der Waals surface area (Å²) in [6.45, 7) is 2.10. The quantitative estimate of drug-likeness (QED) is 0.454. The maximum Gasteiger partial charge on any atom is 0.276 e. The Labute approximate surface area is 165 Å². The van der Waals surface area contributed by atoms with Crippen LogP contribution in [0.4, 0.5) is 8.78 Å². The molecule has 0 bridgehead atoms. The van der Waals surface area contributed by atoms with E-state index in [9.17, 15) is 8.78 Å². The number of benzene rings is 1. The van der Waals surface area contributed by atoms with Gasteiger partial charge in [-0.1, -0.05) is 60.5 Å². The predicted molar refractivity (Wildman–Crippen MR) is 105 cm³/mol. The highest BCUT2D eigenvalue weighted by Crippen LogP contribution is 2.32. The highest BCUT2D eigenvalue weighted by Gasteiger charge is 2.30. The first-order chi connectivity index (χ1) is 13.6. The zero-order chi connectivity index (χ0) is 19.7. The van der Waals surface area contributed by atoms with Crippen LogP contribution in [0.15, 0.2) is 42.5 Å². The highest BCUT2D eigenvalue weighted by molar-refractivity contribution is 5.21. The lowest BCUT2D eigenvalue weighted by atomic mass is 10.0. The van der Waals surface area contributed by atoms with Gasteiger partial charge >= 0.3 is 0 Å². The Morgan fingerprint density at radius 2 is 1.96 bits per heavy atom. The minimum Gasteiger partial charge on any atom is -0.297 e. The second-order valence-corrected chi connectivity index (χ2v) is 7.44. The molecule has 0 amide bonds. The smallest absolute Gasteiger partial charge is 0.276 e. The van der Waals surface area contributed by atoms with Crippen LogP contribution < -0.4 is 0 Å². The fourth-order valence-electron chi connectivity index (χ4n) is 3.76. The SMILES string of the molecule is FC(F)(CC=CC1CCCN1CCCCCCc1nn[nH]n1)c1ccccc1. The van der Waals surface area contributed by atoms with Crippen LogP contribution in [0.25, 0.3) is 0 Å². The second-order valence-electron chi connectivity index (χ2n) is 7.44. The van der Waals surface area contributed by atoms with E-state index >= 15 is 0 Å². The Morgan fingerprint density at radius 3 is 2.75 bits per heavy atom.